The van der Waals surface area contributed by atoms with E-state index in [0.717, 1.165) is 21.8 Å². The van der Waals surface area contributed by atoms with Gasteiger partial charge in [-0.15, -0.1) is 11.3 Å². The zero-order chi connectivity index (χ0) is 20.4. The van der Waals surface area contributed by atoms with Crippen molar-refractivity contribution in [2.75, 3.05) is 6.54 Å². The first-order valence-electron chi connectivity index (χ1n) is 9.51. The molecule has 1 N–H and O–H groups in total. The summed E-state index contributed by atoms with van der Waals surface area (Å²) in [5.41, 5.74) is 2.24. The van der Waals surface area contributed by atoms with Gasteiger partial charge in [0.15, 0.2) is 0 Å². The molecule has 4 rings (SSSR count). The maximum absolute atomic E-state index is 12.9. The van der Waals surface area contributed by atoms with Crippen LogP contribution in [-0.2, 0) is 16.0 Å². The van der Waals surface area contributed by atoms with Gasteiger partial charge in [-0.25, -0.2) is 4.98 Å². The maximum Gasteiger partial charge on any atom is 0.250 e. The SMILES string of the molecule is Cc1nc(-c2ccc(CCNC(=O)C3(C)CC(=O)N=C4C=CC=CN43)cc2)cs1. The third-order valence-electron chi connectivity index (χ3n) is 5.16. The third kappa shape index (κ3) is 3.91. The first kappa shape index (κ1) is 19.3. The van der Waals surface area contributed by atoms with E-state index in [0.29, 0.717) is 18.8 Å². The molecule has 1 aromatic heterocycles. The summed E-state index contributed by atoms with van der Waals surface area (Å²) in [6, 6.07) is 8.23. The molecule has 0 spiro atoms. The summed E-state index contributed by atoms with van der Waals surface area (Å²) in [5.74, 6) is 0.0590. The van der Waals surface area contributed by atoms with Gasteiger partial charge in [0.05, 0.1) is 17.1 Å². The fourth-order valence-corrected chi connectivity index (χ4v) is 4.15. The second-order valence-corrected chi connectivity index (χ2v) is 8.40. The molecule has 2 aromatic rings. The van der Waals surface area contributed by atoms with E-state index in [1.807, 2.05) is 19.1 Å². The van der Waals surface area contributed by atoms with Crippen LogP contribution in [0.25, 0.3) is 11.3 Å². The number of rotatable bonds is 5. The lowest BCUT2D eigenvalue weighted by molar-refractivity contribution is -0.134. The number of aliphatic imine (C=N–C) groups is 1. The number of carbonyl (C=O) groups excluding carboxylic acids is 2. The van der Waals surface area contributed by atoms with Gasteiger partial charge in [-0.05, 0) is 38.0 Å². The zero-order valence-corrected chi connectivity index (χ0v) is 17.2. The lowest BCUT2D eigenvalue weighted by Gasteiger charge is -2.41. The molecule has 2 aliphatic rings. The summed E-state index contributed by atoms with van der Waals surface area (Å²) in [6.45, 7) is 4.27. The number of hydrogen-bond acceptors (Lipinski definition) is 5. The van der Waals surface area contributed by atoms with Gasteiger partial charge in [-0.1, -0.05) is 30.3 Å². The Morgan fingerprint density at radius 1 is 1.28 bits per heavy atom. The minimum absolute atomic E-state index is 0.0578. The van der Waals surface area contributed by atoms with E-state index in [1.165, 1.54) is 0 Å². The number of fused-ring (bicyclic) bond motifs is 1. The number of amidine groups is 1. The summed E-state index contributed by atoms with van der Waals surface area (Å²) in [6.07, 6.45) is 7.96. The highest BCUT2D eigenvalue weighted by Crippen LogP contribution is 2.28. The Morgan fingerprint density at radius 2 is 2.07 bits per heavy atom. The average molecular weight is 407 g/mol. The first-order valence-corrected chi connectivity index (χ1v) is 10.4. The Balaban J connectivity index is 1.37. The van der Waals surface area contributed by atoms with Crippen molar-refractivity contribution in [2.24, 2.45) is 4.99 Å². The molecule has 2 amide bonds. The molecule has 6 nitrogen and oxygen atoms in total. The van der Waals surface area contributed by atoms with Crippen LogP contribution in [0.5, 0.6) is 0 Å². The van der Waals surface area contributed by atoms with E-state index in [1.54, 1.807) is 35.4 Å². The van der Waals surface area contributed by atoms with Crippen LogP contribution in [0.1, 0.15) is 23.9 Å². The van der Waals surface area contributed by atoms with Crippen LogP contribution in [-0.4, -0.2) is 39.6 Å². The number of hydrogen-bond donors (Lipinski definition) is 1. The highest BCUT2D eigenvalue weighted by atomic mass is 32.1. The van der Waals surface area contributed by atoms with Crippen molar-refractivity contribution in [3.8, 4) is 11.3 Å². The van der Waals surface area contributed by atoms with Crippen molar-refractivity contribution in [1.82, 2.24) is 15.2 Å². The van der Waals surface area contributed by atoms with Gasteiger partial charge in [-0.2, -0.15) is 4.99 Å². The van der Waals surface area contributed by atoms with Crippen molar-refractivity contribution in [3.63, 3.8) is 0 Å². The first-order chi connectivity index (χ1) is 14.0. The molecule has 1 atom stereocenters. The van der Waals surface area contributed by atoms with E-state index in [2.05, 4.69) is 44.9 Å². The summed E-state index contributed by atoms with van der Waals surface area (Å²) >= 11 is 1.64. The summed E-state index contributed by atoms with van der Waals surface area (Å²) in [7, 11) is 0. The van der Waals surface area contributed by atoms with E-state index in [-0.39, 0.29) is 18.2 Å². The van der Waals surface area contributed by atoms with E-state index < -0.39 is 5.54 Å². The van der Waals surface area contributed by atoms with Gasteiger partial charge in [0.25, 0.3) is 5.91 Å². The van der Waals surface area contributed by atoms with Crippen LogP contribution >= 0.6 is 11.3 Å². The fourth-order valence-electron chi connectivity index (χ4n) is 3.53. The van der Waals surface area contributed by atoms with Crippen LogP contribution < -0.4 is 5.32 Å². The second kappa shape index (κ2) is 7.75. The molecule has 2 aliphatic heterocycles. The maximum atomic E-state index is 12.9. The Hall–Kier alpha value is -3.06. The van der Waals surface area contributed by atoms with Crippen LogP contribution in [0.4, 0.5) is 0 Å². The molecule has 0 fully saturated rings. The number of nitrogens with one attached hydrogen (secondary N) is 1. The molecular weight excluding hydrogens is 384 g/mol. The number of amides is 2. The Morgan fingerprint density at radius 3 is 2.79 bits per heavy atom. The third-order valence-corrected chi connectivity index (χ3v) is 5.94. The van der Waals surface area contributed by atoms with Crippen molar-refractivity contribution < 1.29 is 9.59 Å². The Bertz CT molecular complexity index is 1040. The van der Waals surface area contributed by atoms with Crippen LogP contribution in [0.15, 0.2) is 59.1 Å². The molecular formula is C22H22N4O2S. The van der Waals surface area contributed by atoms with E-state index in [9.17, 15) is 9.59 Å². The summed E-state index contributed by atoms with van der Waals surface area (Å²) in [5, 5.41) is 6.09. The molecule has 0 aliphatic carbocycles. The quantitative estimate of drug-likeness (QED) is 0.827. The Labute approximate surface area is 173 Å². The van der Waals surface area contributed by atoms with Gasteiger partial charge in [-0.3, -0.25) is 9.59 Å². The van der Waals surface area contributed by atoms with Crippen LogP contribution in [0.2, 0.25) is 0 Å². The number of aryl methyl sites for hydroxylation is 1. The normalized spacial score (nSPS) is 20.4. The molecule has 1 unspecified atom stereocenters. The lowest BCUT2D eigenvalue weighted by Crippen LogP contribution is -2.60. The van der Waals surface area contributed by atoms with Crippen molar-refractivity contribution >= 4 is 29.0 Å². The largest absolute Gasteiger partial charge is 0.354 e. The molecule has 148 valence electrons. The number of nitrogens with zero attached hydrogens (tertiary/aromatic N) is 3. The minimum atomic E-state index is -0.970. The number of benzene rings is 1. The molecule has 3 heterocycles. The lowest BCUT2D eigenvalue weighted by atomic mass is 9.91. The molecule has 0 saturated heterocycles. The zero-order valence-electron chi connectivity index (χ0n) is 16.4. The number of aromatic nitrogens is 1. The van der Waals surface area contributed by atoms with Crippen molar-refractivity contribution in [1.29, 1.82) is 0 Å². The summed E-state index contributed by atoms with van der Waals surface area (Å²) in [4.78, 5) is 35.3. The standard InChI is InChI=1S/C22H22N4O2S/c1-15-24-18(14-29-15)17-8-6-16(7-9-17)10-11-23-21(28)22(2)13-20(27)25-19-5-3-4-12-26(19)22/h3-9,12,14H,10-11,13H2,1-2H3,(H,23,28). The molecule has 0 bridgehead atoms. The smallest absolute Gasteiger partial charge is 0.250 e. The monoisotopic (exact) mass is 406 g/mol. The van der Waals surface area contributed by atoms with Gasteiger partial charge in [0.2, 0.25) is 5.91 Å². The average Bonchev–Trinajstić information content (AvgIpc) is 3.14. The van der Waals surface area contributed by atoms with Gasteiger partial charge >= 0.3 is 0 Å². The number of carbonyl (C=O) groups is 2. The molecule has 0 saturated carbocycles. The summed E-state index contributed by atoms with van der Waals surface area (Å²) < 4.78 is 0. The highest BCUT2D eigenvalue weighted by Gasteiger charge is 2.44. The van der Waals surface area contributed by atoms with E-state index >= 15 is 0 Å². The predicted molar refractivity (Wildman–Crippen MR) is 115 cm³/mol. The topological polar surface area (TPSA) is 74.7 Å². The van der Waals surface area contributed by atoms with Crippen molar-refractivity contribution in [2.45, 2.75) is 32.2 Å². The second-order valence-electron chi connectivity index (χ2n) is 7.34. The van der Waals surface area contributed by atoms with Gasteiger partial charge in [0, 0.05) is 23.7 Å². The van der Waals surface area contributed by atoms with Crippen molar-refractivity contribution in [3.05, 3.63) is 64.6 Å². The molecule has 1 aromatic carbocycles. The fraction of sp³-hybridized carbons (Fsp3) is 0.273. The predicted octanol–water partition coefficient (Wildman–Crippen LogP) is 3.25. The van der Waals surface area contributed by atoms with Gasteiger partial charge < -0.3 is 10.2 Å². The number of thiazole rings is 1. The number of allylic oxidation sites excluding steroid dienone is 2. The molecule has 29 heavy (non-hydrogen) atoms. The Kier molecular flexibility index (Phi) is 5.15. The van der Waals surface area contributed by atoms with E-state index in [4.69, 9.17) is 0 Å². The van der Waals surface area contributed by atoms with Crippen LogP contribution in [0, 0.1) is 6.92 Å². The minimum Gasteiger partial charge on any atom is -0.354 e. The van der Waals surface area contributed by atoms with Crippen LogP contribution in [0.3, 0.4) is 0 Å². The highest BCUT2D eigenvalue weighted by molar-refractivity contribution is 7.09. The molecule has 7 heteroatoms. The molecule has 0 radical (unpaired) electrons. The van der Waals surface area contributed by atoms with Gasteiger partial charge in [0.1, 0.15) is 11.4 Å².